The molecule has 4 heterocycles. The number of rotatable bonds is 6. The predicted molar refractivity (Wildman–Crippen MR) is 132 cm³/mol. The normalized spacial score (nSPS) is 18.1. The van der Waals surface area contributed by atoms with Gasteiger partial charge < -0.3 is 14.2 Å². The number of benzene rings is 1. The number of hydrogen-bond donors (Lipinski definition) is 1. The van der Waals surface area contributed by atoms with E-state index in [0.717, 1.165) is 75.6 Å². The van der Waals surface area contributed by atoms with E-state index in [1.165, 1.54) is 4.57 Å². The minimum atomic E-state index is -0.447. The van der Waals surface area contributed by atoms with Crippen LogP contribution >= 0.6 is 11.6 Å². The van der Waals surface area contributed by atoms with Crippen molar-refractivity contribution >= 4 is 28.5 Å². The molecular weight excluding hydrogens is 458 g/mol. The van der Waals surface area contributed by atoms with Crippen LogP contribution in [0.4, 0.5) is 5.69 Å². The van der Waals surface area contributed by atoms with Gasteiger partial charge in [0.2, 0.25) is 0 Å². The smallest absolute Gasteiger partial charge is 0.329 e. The lowest BCUT2D eigenvalue weighted by atomic mass is 10.2. The molecule has 2 saturated heterocycles. The van der Waals surface area contributed by atoms with Gasteiger partial charge in [0.25, 0.3) is 5.56 Å². The Morgan fingerprint density at radius 2 is 1.79 bits per heavy atom. The number of piperazine rings is 1. The van der Waals surface area contributed by atoms with Crippen LogP contribution in [0.3, 0.4) is 0 Å². The van der Waals surface area contributed by atoms with Gasteiger partial charge in [-0.3, -0.25) is 24.1 Å². The second-order valence-electron chi connectivity index (χ2n) is 8.87. The van der Waals surface area contributed by atoms with Gasteiger partial charge in [-0.05, 0) is 18.2 Å². The van der Waals surface area contributed by atoms with Crippen LogP contribution in [0.25, 0.3) is 11.2 Å². The predicted octanol–water partition coefficient (Wildman–Crippen LogP) is 0.731. The van der Waals surface area contributed by atoms with E-state index in [-0.39, 0.29) is 5.56 Å². The summed E-state index contributed by atoms with van der Waals surface area (Å²) in [5.41, 5.74) is 1.19. The molecule has 2 aliphatic heterocycles. The molecule has 10 nitrogen and oxygen atoms in total. The van der Waals surface area contributed by atoms with E-state index in [1.54, 1.807) is 7.05 Å². The molecule has 182 valence electrons. The van der Waals surface area contributed by atoms with Crippen molar-refractivity contribution in [3.8, 4) is 0 Å². The molecule has 1 N–H and O–H groups in total. The van der Waals surface area contributed by atoms with E-state index >= 15 is 0 Å². The maximum absolute atomic E-state index is 12.8. The van der Waals surface area contributed by atoms with E-state index in [9.17, 15) is 9.59 Å². The van der Waals surface area contributed by atoms with Gasteiger partial charge in [0.05, 0.1) is 19.8 Å². The van der Waals surface area contributed by atoms with Crippen molar-refractivity contribution in [1.29, 1.82) is 0 Å². The molecule has 2 aromatic heterocycles. The van der Waals surface area contributed by atoms with Crippen molar-refractivity contribution in [3.05, 3.63) is 56.0 Å². The third kappa shape index (κ3) is 4.76. The van der Waals surface area contributed by atoms with Crippen LogP contribution < -0.4 is 16.1 Å². The Bertz CT molecular complexity index is 1270. The number of hydrogen-bond acceptors (Lipinski definition) is 7. The molecule has 0 spiro atoms. The summed E-state index contributed by atoms with van der Waals surface area (Å²) in [5, 5.41) is 0.741. The maximum Gasteiger partial charge on any atom is 0.329 e. The van der Waals surface area contributed by atoms with Gasteiger partial charge in [-0.25, -0.2) is 9.78 Å². The zero-order chi connectivity index (χ0) is 23.7. The van der Waals surface area contributed by atoms with Crippen LogP contribution in [0.2, 0.25) is 5.02 Å². The summed E-state index contributed by atoms with van der Waals surface area (Å²) in [6, 6.07) is 7.94. The first-order chi connectivity index (χ1) is 16.5. The number of fused-ring (bicyclic) bond motifs is 1. The monoisotopic (exact) mass is 487 g/mol. The minimum absolute atomic E-state index is 0.385. The fraction of sp³-hybridized carbons (Fsp3) is 0.522. The number of imidazole rings is 1. The van der Waals surface area contributed by atoms with Crippen LogP contribution in [-0.4, -0.2) is 87.9 Å². The number of aromatic nitrogens is 4. The molecule has 0 unspecified atom stereocenters. The standard InChI is InChI=1S/C23H30ClN7O3/c1-27-21-20(22(32)26-23(27)33)31(10-7-28-11-13-34-14-12-28)19(25-21)16-29-5-8-30(9-6-29)18-4-2-3-17(24)15-18/h2-4,15H,5-14,16H2,1H3,(H,26,32,33). The summed E-state index contributed by atoms with van der Waals surface area (Å²) in [6.45, 7) is 8.76. The van der Waals surface area contributed by atoms with Crippen molar-refractivity contribution in [3.63, 3.8) is 0 Å². The zero-order valence-corrected chi connectivity index (χ0v) is 20.1. The lowest BCUT2D eigenvalue weighted by Crippen LogP contribution is -2.46. The van der Waals surface area contributed by atoms with E-state index in [2.05, 4.69) is 25.8 Å². The summed E-state index contributed by atoms with van der Waals surface area (Å²) >= 11 is 6.17. The highest BCUT2D eigenvalue weighted by atomic mass is 35.5. The summed E-state index contributed by atoms with van der Waals surface area (Å²) in [5.74, 6) is 0.811. The third-order valence-electron chi connectivity index (χ3n) is 6.74. The quantitative estimate of drug-likeness (QED) is 0.548. The topological polar surface area (TPSA) is 91.6 Å². The highest BCUT2D eigenvalue weighted by Gasteiger charge is 2.23. The number of aryl methyl sites for hydroxylation is 1. The van der Waals surface area contributed by atoms with Gasteiger partial charge in [-0.15, -0.1) is 0 Å². The molecule has 3 aromatic rings. The van der Waals surface area contributed by atoms with Crippen molar-refractivity contribution in [2.75, 3.05) is 63.9 Å². The molecule has 1 aromatic carbocycles. The Kier molecular flexibility index (Phi) is 6.73. The molecular formula is C23H30ClN7O3. The molecule has 0 aliphatic carbocycles. The number of nitrogens with one attached hydrogen (secondary N) is 1. The molecule has 34 heavy (non-hydrogen) atoms. The summed E-state index contributed by atoms with van der Waals surface area (Å²) in [7, 11) is 1.65. The largest absolute Gasteiger partial charge is 0.379 e. The van der Waals surface area contributed by atoms with E-state index in [0.29, 0.717) is 24.3 Å². The summed E-state index contributed by atoms with van der Waals surface area (Å²) in [4.78, 5) is 39.2. The number of nitrogens with zero attached hydrogens (tertiary/aromatic N) is 6. The number of H-pyrrole nitrogens is 1. The van der Waals surface area contributed by atoms with Crippen LogP contribution in [0.5, 0.6) is 0 Å². The summed E-state index contributed by atoms with van der Waals surface area (Å²) < 4.78 is 8.87. The second kappa shape index (κ2) is 9.91. The number of halogens is 1. The van der Waals surface area contributed by atoms with Crippen molar-refractivity contribution < 1.29 is 4.74 Å². The van der Waals surface area contributed by atoms with Gasteiger partial charge in [0, 0.05) is 70.1 Å². The number of aromatic amines is 1. The van der Waals surface area contributed by atoms with E-state index in [4.69, 9.17) is 21.3 Å². The lowest BCUT2D eigenvalue weighted by molar-refractivity contribution is 0.0363. The number of morpholine rings is 1. The van der Waals surface area contributed by atoms with Crippen molar-refractivity contribution in [1.82, 2.24) is 28.9 Å². The van der Waals surface area contributed by atoms with E-state index in [1.807, 2.05) is 22.8 Å². The zero-order valence-electron chi connectivity index (χ0n) is 19.4. The van der Waals surface area contributed by atoms with Gasteiger partial charge >= 0.3 is 5.69 Å². The Morgan fingerprint density at radius 3 is 2.53 bits per heavy atom. The van der Waals surface area contributed by atoms with Gasteiger partial charge in [0.15, 0.2) is 11.2 Å². The van der Waals surface area contributed by atoms with Gasteiger partial charge in [-0.1, -0.05) is 17.7 Å². The fourth-order valence-electron chi connectivity index (χ4n) is 4.74. The average Bonchev–Trinajstić information content (AvgIpc) is 3.21. The Morgan fingerprint density at radius 1 is 1.03 bits per heavy atom. The molecule has 0 amide bonds. The molecule has 0 atom stereocenters. The first-order valence-electron chi connectivity index (χ1n) is 11.7. The first-order valence-corrected chi connectivity index (χ1v) is 12.1. The second-order valence-corrected chi connectivity index (χ2v) is 9.30. The molecule has 0 radical (unpaired) electrons. The van der Waals surface area contributed by atoms with Gasteiger partial charge in [0.1, 0.15) is 5.82 Å². The Balaban J connectivity index is 1.36. The SMILES string of the molecule is Cn1c(=O)[nH]c(=O)c2c1nc(CN1CCN(c3cccc(Cl)c3)CC1)n2CCN1CCOCC1. The molecule has 0 bridgehead atoms. The first kappa shape index (κ1) is 23.1. The molecule has 5 rings (SSSR count). The number of anilines is 1. The Hall–Kier alpha value is -2.66. The summed E-state index contributed by atoms with van der Waals surface area (Å²) in [6.07, 6.45) is 0. The van der Waals surface area contributed by atoms with E-state index < -0.39 is 5.69 Å². The highest BCUT2D eigenvalue weighted by Crippen LogP contribution is 2.22. The van der Waals surface area contributed by atoms with Crippen molar-refractivity contribution in [2.24, 2.45) is 7.05 Å². The van der Waals surface area contributed by atoms with Crippen molar-refractivity contribution in [2.45, 2.75) is 13.1 Å². The molecule has 11 heteroatoms. The fourth-order valence-corrected chi connectivity index (χ4v) is 4.93. The van der Waals surface area contributed by atoms with Crippen LogP contribution in [-0.2, 0) is 24.9 Å². The molecule has 0 saturated carbocycles. The minimum Gasteiger partial charge on any atom is -0.379 e. The number of ether oxygens (including phenoxy) is 1. The highest BCUT2D eigenvalue weighted by molar-refractivity contribution is 6.30. The average molecular weight is 488 g/mol. The Labute approximate surface area is 202 Å². The maximum atomic E-state index is 12.8. The van der Waals surface area contributed by atoms with Crippen LogP contribution in [0.1, 0.15) is 5.82 Å². The molecule has 2 aliphatic rings. The third-order valence-corrected chi connectivity index (χ3v) is 6.98. The molecule has 2 fully saturated rings. The van der Waals surface area contributed by atoms with Crippen LogP contribution in [0, 0.1) is 0 Å². The van der Waals surface area contributed by atoms with Crippen LogP contribution in [0.15, 0.2) is 33.9 Å². The lowest BCUT2D eigenvalue weighted by Gasteiger charge is -2.36. The van der Waals surface area contributed by atoms with Gasteiger partial charge in [-0.2, -0.15) is 0 Å².